The Bertz CT molecular complexity index is 750. The first-order chi connectivity index (χ1) is 9.36. The molecule has 2 rings (SSSR count). The van der Waals surface area contributed by atoms with E-state index in [0.717, 1.165) is 5.57 Å². The van der Waals surface area contributed by atoms with Gasteiger partial charge in [0, 0.05) is 10.5 Å². The number of azide groups is 1. The second-order valence-electron chi connectivity index (χ2n) is 4.25. The van der Waals surface area contributed by atoms with E-state index in [1.807, 2.05) is 0 Å². The smallest absolute Gasteiger partial charge is 0.225 e. The van der Waals surface area contributed by atoms with E-state index in [0.29, 0.717) is 12.0 Å². The molecule has 0 spiro atoms. The molecule has 20 heavy (non-hydrogen) atoms. The lowest BCUT2D eigenvalue weighted by Crippen LogP contribution is -2.16. The van der Waals surface area contributed by atoms with Crippen molar-refractivity contribution >= 4 is 31.5 Å². The van der Waals surface area contributed by atoms with Crippen LogP contribution >= 0.6 is 15.9 Å². The van der Waals surface area contributed by atoms with Crippen molar-refractivity contribution in [1.29, 1.82) is 0 Å². The van der Waals surface area contributed by atoms with Crippen LogP contribution in [0.5, 0.6) is 0 Å². The first kappa shape index (κ1) is 14.8. The van der Waals surface area contributed by atoms with Crippen molar-refractivity contribution in [2.45, 2.75) is 15.8 Å². The number of primary sulfonamides is 1. The van der Waals surface area contributed by atoms with E-state index in [2.05, 4.69) is 26.0 Å². The number of hydrogen-bond acceptors (Lipinski definition) is 3. The molecule has 1 aliphatic carbocycles. The van der Waals surface area contributed by atoms with Gasteiger partial charge in [-0.15, -0.1) is 0 Å². The van der Waals surface area contributed by atoms with Crippen molar-refractivity contribution in [3.05, 3.63) is 58.5 Å². The Morgan fingerprint density at radius 1 is 1.40 bits per heavy atom. The molecule has 1 unspecified atom stereocenters. The third-order valence-electron chi connectivity index (χ3n) is 2.84. The fourth-order valence-electron chi connectivity index (χ4n) is 1.91. The van der Waals surface area contributed by atoms with Gasteiger partial charge in [-0.25, -0.2) is 13.6 Å². The fraction of sp³-hybridized carbons (Fsp3) is 0.167. The van der Waals surface area contributed by atoms with E-state index in [9.17, 15) is 8.42 Å². The topological polar surface area (TPSA) is 109 Å². The van der Waals surface area contributed by atoms with Crippen LogP contribution in [0, 0.1) is 0 Å². The first-order valence-electron chi connectivity index (χ1n) is 5.62. The van der Waals surface area contributed by atoms with Crippen molar-refractivity contribution in [3.8, 4) is 0 Å². The van der Waals surface area contributed by atoms with Crippen LogP contribution in [0.15, 0.2) is 52.5 Å². The van der Waals surface area contributed by atoms with Crippen LogP contribution in [0.25, 0.3) is 16.0 Å². The molecule has 104 valence electrons. The summed E-state index contributed by atoms with van der Waals surface area (Å²) in [5, 5.41) is 8.85. The predicted molar refractivity (Wildman–Crippen MR) is 80.4 cm³/mol. The number of benzene rings is 1. The molecule has 0 fully saturated rings. The van der Waals surface area contributed by atoms with Gasteiger partial charge in [-0.3, -0.25) is 0 Å². The Morgan fingerprint density at radius 2 is 2.10 bits per heavy atom. The fourth-order valence-corrected chi connectivity index (χ4v) is 3.03. The quantitative estimate of drug-likeness (QED) is 0.296. The number of rotatable bonds is 3. The molecule has 8 heteroatoms. The highest BCUT2D eigenvalue weighted by Gasteiger charge is 2.25. The minimum Gasteiger partial charge on any atom is -0.225 e. The molecule has 1 aromatic carbocycles. The van der Waals surface area contributed by atoms with Crippen LogP contribution in [0.4, 0.5) is 0 Å². The lowest BCUT2D eigenvalue weighted by molar-refractivity contribution is 0.597. The Balaban J connectivity index is 2.45. The minimum absolute atomic E-state index is 0.0711. The number of hydrogen-bond donors (Lipinski definition) is 1. The summed E-state index contributed by atoms with van der Waals surface area (Å²) in [6.07, 6.45) is 5.61. The van der Waals surface area contributed by atoms with Gasteiger partial charge >= 0.3 is 0 Å². The third-order valence-corrected chi connectivity index (χ3v) is 4.56. The maximum atomic E-state index is 11.6. The Morgan fingerprint density at radius 3 is 2.65 bits per heavy atom. The minimum atomic E-state index is -3.79. The summed E-state index contributed by atoms with van der Waals surface area (Å²) in [5.74, 6) is 0. The Hall–Kier alpha value is -1.60. The van der Waals surface area contributed by atoms with E-state index < -0.39 is 14.5 Å². The van der Waals surface area contributed by atoms with Gasteiger partial charge in [0.05, 0.1) is 4.90 Å². The molecule has 0 aliphatic heterocycles. The zero-order chi connectivity index (χ0) is 14.8. The van der Waals surface area contributed by atoms with E-state index >= 15 is 0 Å². The largest absolute Gasteiger partial charge is 0.238 e. The molecule has 0 bridgehead atoms. The summed E-state index contributed by atoms with van der Waals surface area (Å²) in [4.78, 5) is 2.84. The molecule has 0 saturated heterocycles. The van der Waals surface area contributed by atoms with Gasteiger partial charge in [0.1, 0.15) is 4.45 Å². The van der Waals surface area contributed by atoms with Gasteiger partial charge in [0.15, 0.2) is 0 Å². The molecule has 0 amide bonds. The second-order valence-corrected chi connectivity index (χ2v) is 7.15. The van der Waals surface area contributed by atoms with Gasteiger partial charge < -0.3 is 0 Å². The Kier molecular flexibility index (Phi) is 4.01. The van der Waals surface area contributed by atoms with E-state index in [1.54, 1.807) is 36.4 Å². The summed E-state index contributed by atoms with van der Waals surface area (Å²) in [7, 11) is -3.79. The van der Waals surface area contributed by atoms with Crippen molar-refractivity contribution in [2.24, 2.45) is 10.3 Å². The number of alkyl halides is 1. The summed E-state index contributed by atoms with van der Waals surface area (Å²) in [6.45, 7) is 0. The standard InChI is InChI=1S/C12H11BrN4O2S/c13-12(16-17-14)7-5-9(6-8-12)10-3-1-2-4-11(10)20(15,18)19/h1-7H,8H2,(H2,15,18,19). The average molecular weight is 355 g/mol. The van der Waals surface area contributed by atoms with Crippen LogP contribution in [0.2, 0.25) is 0 Å². The van der Waals surface area contributed by atoms with E-state index in [1.165, 1.54) is 6.07 Å². The maximum Gasteiger partial charge on any atom is 0.238 e. The molecule has 0 saturated carbocycles. The molecule has 2 N–H and O–H groups in total. The average Bonchev–Trinajstić information content (AvgIpc) is 2.39. The van der Waals surface area contributed by atoms with Gasteiger partial charge in [0.2, 0.25) is 10.0 Å². The number of halogens is 1. The highest BCUT2D eigenvalue weighted by atomic mass is 79.9. The second kappa shape index (κ2) is 5.41. The lowest BCUT2D eigenvalue weighted by atomic mass is 9.97. The summed E-state index contributed by atoms with van der Waals surface area (Å²) < 4.78 is 22.3. The van der Waals surface area contributed by atoms with Gasteiger partial charge in [0.25, 0.3) is 0 Å². The summed E-state index contributed by atoms with van der Waals surface area (Å²) >= 11 is 3.32. The van der Waals surface area contributed by atoms with Gasteiger partial charge in [-0.2, -0.15) is 0 Å². The molecule has 1 atom stereocenters. The van der Waals surface area contributed by atoms with Crippen LogP contribution in [-0.2, 0) is 10.0 Å². The molecule has 6 nitrogen and oxygen atoms in total. The van der Waals surface area contributed by atoms with Crippen LogP contribution in [0.1, 0.15) is 12.0 Å². The van der Waals surface area contributed by atoms with Gasteiger partial charge in [-0.05, 0) is 23.6 Å². The SMILES string of the molecule is [N-]=[N+]=NC1(Br)C=CC(c2ccccc2S(N)(=O)=O)=CC1. The van der Waals surface area contributed by atoms with Crippen molar-refractivity contribution in [2.75, 3.05) is 0 Å². The first-order valence-corrected chi connectivity index (χ1v) is 7.96. The molecule has 1 aromatic rings. The summed E-state index contributed by atoms with van der Waals surface area (Å²) in [6, 6.07) is 6.50. The highest BCUT2D eigenvalue weighted by molar-refractivity contribution is 9.10. The highest BCUT2D eigenvalue weighted by Crippen LogP contribution is 2.35. The number of allylic oxidation sites excluding steroid dienone is 2. The molecular formula is C12H11BrN4O2S. The van der Waals surface area contributed by atoms with Crippen molar-refractivity contribution in [1.82, 2.24) is 0 Å². The number of sulfonamides is 1. The normalized spacial score (nSPS) is 22.0. The molecule has 0 aromatic heterocycles. The zero-order valence-electron chi connectivity index (χ0n) is 10.3. The van der Waals surface area contributed by atoms with Crippen molar-refractivity contribution < 1.29 is 8.42 Å². The molecule has 0 radical (unpaired) electrons. The van der Waals surface area contributed by atoms with E-state index in [4.69, 9.17) is 10.7 Å². The van der Waals surface area contributed by atoms with Crippen molar-refractivity contribution in [3.63, 3.8) is 0 Å². The monoisotopic (exact) mass is 354 g/mol. The number of nitrogens with zero attached hydrogens (tertiary/aromatic N) is 3. The third kappa shape index (κ3) is 3.10. The van der Waals surface area contributed by atoms with E-state index in [-0.39, 0.29) is 4.90 Å². The zero-order valence-corrected chi connectivity index (χ0v) is 12.7. The maximum absolute atomic E-state index is 11.6. The van der Waals surface area contributed by atoms with Crippen LogP contribution in [0.3, 0.4) is 0 Å². The Labute approximate surface area is 124 Å². The molecule has 0 heterocycles. The van der Waals surface area contributed by atoms with Crippen LogP contribution in [-0.4, -0.2) is 12.9 Å². The molecule has 1 aliphatic rings. The van der Waals surface area contributed by atoms with Crippen LogP contribution < -0.4 is 5.14 Å². The molecular weight excluding hydrogens is 344 g/mol. The predicted octanol–water partition coefficient (Wildman–Crippen LogP) is 3.08. The number of nitrogens with two attached hydrogens (primary N) is 1. The van der Waals surface area contributed by atoms with Gasteiger partial charge in [-0.1, -0.05) is 57.5 Å². The lowest BCUT2D eigenvalue weighted by Gasteiger charge is -2.21. The summed E-state index contributed by atoms with van der Waals surface area (Å²) in [5.41, 5.74) is 9.74.